The van der Waals surface area contributed by atoms with E-state index in [-0.39, 0.29) is 11.8 Å². The maximum Gasteiger partial charge on any atom is 0.236 e. The predicted molar refractivity (Wildman–Crippen MR) is 119 cm³/mol. The van der Waals surface area contributed by atoms with E-state index in [4.69, 9.17) is 9.47 Å². The molecule has 8 nitrogen and oxygen atoms in total. The van der Waals surface area contributed by atoms with Crippen LogP contribution in [-0.4, -0.2) is 105 Å². The zero-order valence-electron chi connectivity index (χ0n) is 19.1. The first-order valence-electron chi connectivity index (χ1n) is 11.2. The molecule has 2 fully saturated rings. The molecule has 0 spiro atoms. The normalized spacial score (nSPS) is 18.0. The van der Waals surface area contributed by atoms with Crippen LogP contribution >= 0.6 is 0 Å². The third-order valence-corrected chi connectivity index (χ3v) is 6.21. The van der Waals surface area contributed by atoms with Gasteiger partial charge in [-0.2, -0.15) is 0 Å². The van der Waals surface area contributed by atoms with E-state index in [0.29, 0.717) is 31.1 Å². The molecule has 2 aliphatic rings. The number of piperazine rings is 1. The summed E-state index contributed by atoms with van der Waals surface area (Å²) >= 11 is 0. The molecule has 2 saturated heterocycles. The Balaban J connectivity index is 1.44. The van der Waals surface area contributed by atoms with Crippen molar-refractivity contribution in [2.24, 2.45) is 0 Å². The molecule has 2 heterocycles. The summed E-state index contributed by atoms with van der Waals surface area (Å²) in [4.78, 5) is 33.4. The van der Waals surface area contributed by atoms with Crippen LogP contribution in [0, 0.1) is 0 Å². The highest BCUT2D eigenvalue weighted by molar-refractivity contribution is 5.79. The highest BCUT2D eigenvalue weighted by Crippen LogP contribution is 2.31. The monoisotopic (exact) mass is 432 g/mol. The molecule has 0 atom stereocenters. The molecule has 3 rings (SSSR count). The Hall–Kier alpha value is -2.32. The summed E-state index contributed by atoms with van der Waals surface area (Å²) in [6.45, 7) is 6.39. The second kappa shape index (κ2) is 11.3. The maximum absolute atomic E-state index is 12.8. The molecule has 0 aromatic heterocycles. The number of ether oxygens (including phenoxy) is 2. The Morgan fingerprint density at radius 3 is 2.16 bits per heavy atom. The van der Waals surface area contributed by atoms with Crippen LogP contribution in [0.4, 0.5) is 0 Å². The summed E-state index contributed by atoms with van der Waals surface area (Å²) in [5, 5.41) is 0. The van der Waals surface area contributed by atoms with Crippen molar-refractivity contribution in [1.29, 1.82) is 0 Å². The molecule has 1 aromatic rings. The van der Waals surface area contributed by atoms with Crippen LogP contribution in [0.2, 0.25) is 0 Å². The summed E-state index contributed by atoms with van der Waals surface area (Å²) in [6, 6.07) is 5.70. The number of carbonyl (C=O) groups excluding carboxylic acids is 2. The van der Waals surface area contributed by atoms with Gasteiger partial charge in [0.2, 0.25) is 11.8 Å². The van der Waals surface area contributed by atoms with Gasteiger partial charge in [0.05, 0.1) is 27.3 Å². The average molecular weight is 433 g/mol. The minimum atomic E-state index is 0.0720. The fourth-order valence-corrected chi connectivity index (χ4v) is 4.27. The Kier molecular flexibility index (Phi) is 8.54. The van der Waals surface area contributed by atoms with Crippen molar-refractivity contribution >= 4 is 11.8 Å². The summed E-state index contributed by atoms with van der Waals surface area (Å²) < 4.78 is 10.8. The fraction of sp³-hybridized carbons (Fsp3) is 0.652. The molecule has 31 heavy (non-hydrogen) atoms. The van der Waals surface area contributed by atoms with E-state index in [1.165, 1.54) is 6.42 Å². The van der Waals surface area contributed by atoms with Crippen LogP contribution < -0.4 is 9.47 Å². The van der Waals surface area contributed by atoms with Gasteiger partial charge in [-0.25, -0.2) is 0 Å². The molecule has 1 aromatic carbocycles. The van der Waals surface area contributed by atoms with Gasteiger partial charge in [0.25, 0.3) is 0 Å². The van der Waals surface area contributed by atoms with E-state index < -0.39 is 0 Å². The molecule has 0 bridgehead atoms. The van der Waals surface area contributed by atoms with E-state index in [0.717, 1.165) is 57.7 Å². The van der Waals surface area contributed by atoms with Crippen LogP contribution in [0.3, 0.4) is 0 Å². The zero-order valence-corrected chi connectivity index (χ0v) is 19.1. The summed E-state index contributed by atoms with van der Waals surface area (Å²) in [7, 11) is 5.03. The minimum Gasteiger partial charge on any atom is -0.493 e. The Morgan fingerprint density at radius 1 is 0.903 bits per heavy atom. The lowest BCUT2D eigenvalue weighted by atomic mass is 10.1. The first-order chi connectivity index (χ1) is 15.0. The number of amides is 2. The van der Waals surface area contributed by atoms with Crippen LogP contribution in [0.5, 0.6) is 11.5 Å². The molecule has 2 aliphatic heterocycles. The molecule has 2 amide bonds. The van der Waals surface area contributed by atoms with Gasteiger partial charge in [-0.05, 0) is 25.3 Å². The number of hydrogen-bond donors (Lipinski definition) is 0. The van der Waals surface area contributed by atoms with Crippen molar-refractivity contribution in [3.63, 3.8) is 0 Å². The van der Waals surface area contributed by atoms with Crippen LogP contribution in [-0.2, 0) is 16.1 Å². The van der Waals surface area contributed by atoms with Gasteiger partial charge >= 0.3 is 0 Å². The van der Waals surface area contributed by atoms with Gasteiger partial charge in [0.1, 0.15) is 0 Å². The number of rotatable bonds is 8. The molecule has 0 radical (unpaired) electrons. The van der Waals surface area contributed by atoms with Crippen molar-refractivity contribution in [3.8, 4) is 11.5 Å². The van der Waals surface area contributed by atoms with Crippen molar-refractivity contribution in [1.82, 2.24) is 19.6 Å². The Bertz CT molecular complexity index is 743. The quantitative estimate of drug-likeness (QED) is 0.617. The van der Waals surface area contributed by atoms with E-state index in [1.807, 2.05) is 30.1 Å². The van der Waals surface area contributed by atoms with Gasteiger partial charge in [-0.3, -0.25) is 19.4 Å². The van der Waals surface area contributed by atoms with Gasteiger partial charge < -0.3 is 19.3 Å². The lowest BCUT2D eigenvalue weighted by Gasteiger charge is -2.36. The number of likely N-dealkylation sites (N-methyl/N-ethyl adjacent to an activating group) is 1. The van der Waals surface area contributed by atoms with Gasteiger partial charge in [0.15, 0.2) is 11.5 Å². The first kappa shape index (κ1) is 23.3. The van der Waals surface area contributed by atoms with Crippen molar-refractivity contribution in [2.45, 2.75) is 25.8 Å². The smallest absolute Gasteiger partial charge is 0.236 e. The van der Waals surface area contributed by atoms with Gasteiger partial charge in [0, 0.05) is 58.4 Å². The Labute approximate surface area is 185 Å². The van der Waals surface area contributed by atoms with E-state index in [9.17, 15) is 9.59 Å². The number of benzene rings is 1. The number of piperidine rings is 1. The molecule has 0 aliphatic carbocycles. The van der Waals surface area contributed by atoms with Crippen molar-refractivity contribution < 1.29 is 19.1 Å². The third-order valence-electron chi connectivity index (χ3n) is 6.21. The number of methoxy groups -OCH3 is 2. The van der Waals surface area contributed by atoms with Crippen molar-refractivity contribution in [2.75, 3.05) is 73.6 Å². The molecule has 0 unspecified atom stereocenters. The van der Waals surface area contributed by atoms with Crippen LogP contribution in [0.25, 0.3) is 0 Å². The van der Waals surface area contributed by atoms with Crippen molar-refractivity contribution in [3.05, 3.63) is 23.8 Å². The first-order valence-corrected chi connectivity index (χ1v) is 11.2. The summed E-state index contributed by atoms with van der Waals surface area (Å²) in [5.74, 6) is 1.65. The van der Waals surface area contributed by atoms with Crippen LogP contribution in [0.1, 0.15) is 24.8 Å². The number of para-hydroxylation sites is 1. The molecular weight excluding hydrogens is 396 g/mol. The van der Waals surface area contributed by atoms with Crippen LogP contribution in [0.15, 0.2) is 18.2 Å². The molecule has 8 heteroatoms. The molecule has 0 N–H and O–H groups in total. The van der Waals surface area contributed by atoms with E-state index in [1.54, 1.807) is 19.1 Å². The standard InChI is InChI=1S/C23H36N4O4/c1-24(16-19-8-7-9-20(30-2)23(19)31-3)21(28)17-25-12-14-26(15-13-25)18-22(29)27-10-5-4-6-11-27/h7-9H,4-6,10-18H2,1-3H3. The third kappa shape index (κ3) is 6.33. The van der Waals surface area contributed by atoms with E-state index >= 15 is 0 Å². The SMILES string of the molecule is COc1cccc(CN(C)C(=O)CN2CCN(CC(=O)N3CCCCC3)CC2)c1OC. The van der Waals surface area contributed by atoms with Gasteiger partial charge in [-0.15, -0.1) is 0 Å². The predicted octanol–water partition coefficient (Wildman–Crippen LogP) is 1.29. The second-order valence-corrected chi connectivity index (χ2v) is 8.40. The lowest BCUT2D eigenvalue weighted by Crippen LogP contribution is -2.52. The number of hydrogen-bond acceptors (Lipinski definition) is 6. The number of likely N-dealkylation sites (tertiary alicyclic amines) is 1. The number of carbonyl (C=O) groups is 2. The topological polar surface area (TPSA) is 65.6 Å². The number of nitrogens with zero attached hydrogens (tertiary/aromatic N) is 4. The highest BCUT2D eigenvalue weighted by atomic mass is 16.5. The van der Waals surface area contributed by atoms with E-state index in [2.05, 4.69) is 9.80 Å². The molecular formula is C23H36N4O4. The summed E-state index contributed by atoms with van der Waals surface area (Å²) in [5.41, 5.74) is 0.916. The second-order valence-electron chi connectivity index (χ2n) is 8.40. The minimum absolute atomic E-state index is 0.0720. The Morgan fingerprint density at radius 2 is 1.55 bits per heavy atom. The van der Waals surface area contributed by atoms with Gasteiger partial charge in [-0.1, -0.05) is 12.1 Å². The fourth-order valence-electron chi connectivity index (χ4n) is 4.27. The highest BCUT2D eigenvalue weighted by Gasteiger charge is 2.24. The zero-order chi connectivity index (χ0) is 22.2. The molecule has 0 saturated carbocycles. The largest absolute Gasteiger partial charge is 0.493 e. The average Bonchev–Trinajstić information content (AvgIpc) is 2.80. The molecule has 172 valence electrons. The maximum atomic E-state index is 12.8. The lowest BCUT2D eigenvalue weighted by molar-refractivity contribution is -0.135. The summed E-state index contributed by atoms with van der Waals surface area (Å²) in [6.07, 6.45) is 3.48.